The summed E-state index contributed by atoms with van der Waals surface area (Å²) in [6.07, 6.45) is 0.902. The summed E-state index contributed by atoms with van der Waals surface area (Å²) in [5.41, 5.74) is 0.739. The van der Waals surface area contributed by atoms with Gasteiger partial charge in [-0.1, -0.05) is 0 Å². The van der Waals surface area contributed by atoms with Crippen molar-refractivity contribution in [2.45, 2.75) is 6.42 Å². The van der Waals surface area contributed by atoms with Gasteiger partial charge >= 0.3 is 0 Å². The van der Waals surface area contributed by atoms with Gasteiger partial charge in [0.2, 0.25) is 0 Å². The van der Waals surface area contributed by atoms with Crippen molar-refractivity contribution < 1.29 is 14.6 Å². The third-order valence-electron chi connectivity index (χ3n) is 2.87. The number of hydrogen-bond donors (Lipinski definition) is 1. The summed E-state index contributed by atoms with van der Waals surface area (Å²) in [6.45, 7) is 1.63. The van der Waals surface area contributed by atoms with Gasteiger partial charge in [0.1, 0.15) is 11.5 Å². The van der Waals surface area contributed by atoms with Crippen molar-refractivity contribution >= 4 is 11.6 Å². The van der Waals surface area contributed by atoms with Gasteiger partial charge < -0.3 is 19.6 Å². The molecule has 1 aromatic rings. The van der Waals surface area contributed by atoms with Crippen LogP contribution in [0.25, 0.3) is 0 Å². The van der Waals surface area contributed by atoms with Crippen molar-refractivity contribution in [3.63, 3.8) is 0 Å². The summed E-state index contributed by atoms with van der Waals surface area (Å²) in [5, 5.41) is 9.40. The Bertz CT molecular complexity index is 446. The van der Waals surface area contributed by atoms with Crippen molar-refractivity contribution in [1.82, 2.24) is 4.90 Å². The SMILES string of the molecule is CN(C)CCCN1C(=O)COc2cc(O)ccc21. The molecule has 0 saturated carbocycles. The van der Waals surface area contributed by atoms with Crippen LogP contribution in [0.5, 0.6) is 11.5 Å². The fourth-order valence-electron chi connectivity index (χ4n) is 1.98. The third-order valence-corrected chi connectivity index (χ3v) is 2.87. The predicted molar refractivity (Wildman–Crippen MR) is 69.1 cm³/mol. The summed E-state index contributed by atoms with van der Waals surface area (Å²) < 4.78 is 5.31. The first kappa shape index (κ1) is 12.7. The van der Waals surface area contributed by atoms with Crippen LogP contribution in [0.1, 0.15) is 6.42 Å². The number of carbonyl (C=O) groups is 1. The molecule has 0 spiro atoms. The Hall–Kier alpha value is -1.75. The molecule has 0 radical (unpaired) electrons. The van der Waals surface area contributed by atoms with Crippen LogP contribution in [-0.2, 0) is 4.79 Å². The molecule has 0 saturated heterocycles. The standard InChI is InChI=1S/C13H18N2O3/c1-14(2)6-3-7-15-11-5-4-10(16)8-12(11)18-9-13(15)17/h4-5,8,16H,3,6-7,9H2,1-2H3. The van der Waals surface area contributed by atoms with E-state index in [9.17, 15) is 9.90 Å². The molecular formula is C13H18N2O3. The molecule has 1 aliphatic rings. The van der Waals surface area contributed by atoms with E-state index in [1.54, 1.807) is 23.1 Å². The smallest absolute Gasteiger partial charge is 0.265 e. The van der Waals surface area contributed by atoms with E-state index >= 15 is 0 Å². The molecule has 0 atom stereocenters. The largest absolute Gasteiger partial charge is 0.508 e. The lowest BCUT2D eigenvalue weighted by molar-refractivity contribution is -0.121. The lowest BCUT2D eigenvalue weighted by Gasteiger charge is -2.29. The number of anilines is 1. The van der Waals surface area contributed by atoms with Crippen LogP contribution in [0.3, 0.4) is 0 Å². The highest BCUT2D eigenvalue weighted by Crippen LogP contribution is 2.34. The average Bonchev–Trinajstić information content (AvgIpc) is 2.31. The minimum Gasteiger partial charge on any atom is -0.508 e. The molecule has 2 rings (SSSR count). The highest BCUT2D eigenvalue weighted by atomic mass is 16.5. The molecular weight excluding hydrogens is 232 g/mol. The Morgan fingerprint density at radius 1 is 1.44 bits per heavy atom. The zero-order valence-corrected chi connectivity index (χ0v) is 10.7. The van der Waals surface area contributed by atoms with E-state index in [0.29, 0.717) is 12.3 Å². The summed E-state index contributed by atoms with van der Waals surface area (Å²) >= 11 is 0. The second kappa shape index (κ2) is 5.27. The van der Waals surface area contributed by atoms with Gasteiger partial charge in [-0.25, -0.2) is 0 Å². The first-order chi connectivity index (χ1) is 8.58. The second-order valence-electron chi connectivity index (χ2n) is 4.64. The Labute approximate surface area is 107 Å². The van der Waals surface area contributed by atoms with Crippen molar-refractivity contribution in [1.29, 1.82) is 0 Å². The van der Waals surface area contributed by atoms with E-state index in [0.717, 1.165) is 18.7 Å². The van der Waals surface area contributed by atoms with E-state index in [2.05, 4.69) is 4.90 Å². The van der Waals surface area contributed by atoms with Gasteiger partial charge in [-0.2, -0.15) is 0 Å². The van der Waals surface area contributed by atoms with Gasteiger partial charge in [0.05, 0.1) is 5.69 Å². The molecule has 0 unspecified atom stereocenters. The van der Waals surface area contributed by atoms with Crippen LogP contribution >= 0.6 is 0 Å². The van der Waals surface area contributed by atoms with Crippen LogP contribution < -0.4 is 9.64 Å². The van der Waals surface area contributed by atoms with Crippen molar-refractivity contribution in [2.24, 2.45) is 0 Å². The number of phenolic OH excluding ortho intramolecular Hbond substituents is 1. The molecule has 1 aromatic carbocycles. The first-order valence-corrected chi connectivity index (χ1v) is 5.99. The molecule has 5 nitrogen and oxygen atoms in total. The van der Waals surface area contributed by atoms with Gasteiger partial charge in [0.25, 0.3) is 5.91 Å². The summed E-state index contributed by atoms with van der Waals surface area (Å²) in [5.74, 6) is 0.683. The number of phenols is 1. The summed E-state index contributed by atoms with van der Waals surface area (Å²) in [6, 6.07) is 4.83. The lowest BCUT2D eigenvalue weighted by atomic mass is 10.2. The molecule has 18 heavy (non-hydrogen) atoms. The number of ether oxygens (including phenoxy) is 1. The summed E-state index contributed by atoms with van der Waals surface area (Å²) in [4.78, 5) is 15.7. The molecule has 5 heteroatoms. The molecule has 0 aliphatic carbocycles. The second-order valence-corrected chi connectivity index (χ2v) is 4.64. The molecule has 0 fully saturated rings. The van der Waals surface area contributed by atoms with E-state index in [1.807, 2.05) is 14.1 Å². The van der Waals surface area contributed by atoms with E-state index in [4.69, 9.17) is 4.74 Å². The van der Waals surface area contributed by atoms with Crippen LogP contribution in [0.15, 0.2) is 18.2 Å². The maximum atomic E-state index is 11.8. The van der Waals surface area contributed by atoms with Gasteiger partial charge in [-0.3, -0.25) is 4.79 Å². The van der Waals surface area contributed by atoms with Crippen molar-refractivity contribution in [2.75, 3.05) is 38.7 Å². The molecule has 98 valence electrons. The Morgan fingerprint density at radius 2 is 2.22 bits per heavy atom. The minimum absolute atomic E-state index is 0.0352. The number of hydrogen-bond acceptors (Lipinski definition) is 4. The predicted octanol–water partition coefficient (Wildman–Crippen LogP) is 1.07. The summed E-state index contributed by atoms with van der Waals surface area (Å²) in [7, 11) is 4.01. The molecule has 1 amide bonds. The van der Waals surface area contributed by atoms with Crippen LogP contribution in [0.4, 0.5) is 5.69 Å². The van der Waals surface area contributed by atoms with Gasteiger partial charge in [-0.05, 0) is 39.2 Å². The quantitative estimate of drug-likeness (QED) is 0.868. The van der Waals surface area contributed by atoms with E-state index in [-0.39, 0.29) is 18.3 Å². The van der Waals surface area contributed by atoms with Gasteiger partial charge in [-0.15, -0.1) is 0 Å². The normalized spacial score (nSPS) is 14.6. The number of amides is 1. The topological polar surface area (TPSA) is 53.0 Å². The highest BCUT2D eigenvalue weighted by Gasteiger charge is 2.25. The Kier molecular flexibility index (Phi) is 3.72. The van der Waals surface area contributed by atoms with Gasteiger partial charge in [0, 0.05) is 12.6 Å². The van der Waals surface area contributed by atoms with Crippen molar-refractivity contribution in [3.05, 3.63) is 18.2 Å². The zero-order valence-electron chi connectivity index (χ0n) is 10.7. The van der Waals surface area contributed by atoms with E-state index < -0.39 is 0 Å². The highest BCUT2D eigenvalue weighted by molar-refractivity contribution is 5.97. The maximum absolute atomic E-state index is 11.8. The number of carbonyl (C=O) groups excluding carboxylic acids is 1. The molecule has 0 bridgehead atoms. The van der Waals surface area contributed by atoms with E-state index in [1.165, 1.54) is 0 Å². The molecule has 1 N–H and O–H groups in total. The van der Waals surface area contributed by atoms with Crippen molar-refractivity contribution in [3.8, 4) is 11.5 Å². The average molecular weight is 250 g/mol. The fraction of sp³-hybridized carbons (Fsp3) is 0.462. The van der Waals surface area contributed by atoms with Crippen LogP contribution in [0.2, 0.25) is 0 Å². The minimum atomic E-state index is -0.0352. The maximum Gasteiger partial charge on any atom is 0.265 e. The number of nitrogens with zero attached hydrogens (tertiary/aromatic N) is 2. The Balaban J connectivity index is 2.12. The number of rotatable bonds is 4. The first-order valence-electron chi connectivity index (χ1n) is 5.99. The third kappa shape index (κ3) is 2.73. The van der Waals surface area contributed by atoms with Gasteiger partial charge in [0.15, 0.2) is 6.61 Å². The zero-order chi connectivity index (χ0) is 13.1. The molecule has 1 heterocycles. The number of benzene rings is 1. The van der Waals surface area contributed by atoms with Crippen LogP contribution in [0, 0.1) is 0 Å². The number of aromatic hydroxyl groups is 1. The fourth-order valence-corrected chi connectivity index (χ4v) is 1.98. The van der Waals surface area contributed by atoms with Crippen LogP contribution in [-0.4, -0.2) is 49.7 Å². The monoisotopic (exact) mass is 250 g/mol. The lowest BCUT2D eigenvalue weighted by Crippen LogP contribution is -2.40. The molecule has 0 aromatic heterocycles. The molecule has 1 aliphatic heterocycles. The Morgan fingerprint density at radius 3 is 2.94 bits per heavy atom. The number of fused-ring (bicyclic) bond motifs is 1.